The van der Waals surface area contributed by atoms with E-state index in [0.29, 0.717) is 18.8 Å². The Bertz CT molecular complexity index is 396. The van der Waals surface area contributed by atoms with E-state index in [1.54, 1.807) is 0 Å². The molecule has 1 aliphatic carbocycles. The summed E-state index contributed by atoms with van der Waals surface area (Å²) in [6, 6.07) is -0.181. The monoisotopic (exact) mass is 281 g/mol. The Morgan fingerprint density at radius 2 is 1.85 bits per heavy atom. The summed E-state index contributed by atoms with van der Waals surface area (Å²) in [5, 5.41) is 8.64. The van der Waals surface area contributed by atoms with Crippen molar-refractivity contribution in [2.45, 2.75) is 58.4 Å². The molecule has 20 heavy (non-hydrogen) atoms. The average Bonchev–Trinajstić information content (AvgIpc) is 2.90. The zero-order valence-corrected chi connectivity index (χ0v) is 12.2. The summed E-state index contributed by atoms with van der Waals surface area (Å²) >= 11 is 0. The van der Waals surface area contributed by atoms with Gasteiger partial charge >= 0.3 is 5.97 Å². The number of carboxylic acids is 1. The number of amides is 2. The van der Waals surface area contributed by atoms with Crippen LogP contribution in [0.15, 0.2) is 0 Å². The van der Waals surface area contributed by atoms with Crippen molar-refractivity contribution in [2.24, 2.45) is 17.8 Å². The van der Waals surface area contributed by atoms with Gasteiger partial charge in [-0.25, -0.2) is 0 Å². The Morgan fingerprint density at radius 3 is 2.30 bits per heavy atom. The molecule has 1 N–H and O–H groups in total. The fourth-order valence-electron chi connectivity index (χ4n) is 3.60. The van der Waals surface area contributed by atoms with Crippen molar-refractivity contribution >= 4 is 17.8 Å². The summed E-state index contributed by atoms with van der Waals surface area (Å²) in [7, 11) is 0. The summed E-state index contributed by atoms with van der Waals surface area (Å²) in [6.45, 7) is 3.95. The van der Waals surface area contributed by atoms with Crippen LogP contribution in [0.25, 0.3) is 0 Å². The smallest absolute Gasteiger partial charge is 0.303 e. The van der Waals surface area contributed by atoms with E-state index in [9.17, 15) is 14.4 Å². The minimum absolute atomic E-state index is 0.0289. The van der Waals surface area contributed by atoms with Gasteiger partial charge in [-0.15, -0.1) is 0 Å². The third kappa shape index (κ3) is 2.72. The molecule has 0 aromatic rings. The van der Waals surface area contributed by atoms with E-state index in [0.717, 1.165) is 19.3 Å². The minimum atomic E-state index is -0.834. The number of imide groups is 1. The van der Waals surface area contributed by atoms with Gasteiger partial charge < -0.3 is 5.11 Å². The maximum atomic E-state index is 12.4. The van der Waals surface area contributed by atoms with Crippen molar-refractivity contribution in [3.05, 3.63) is 0 Å². The van der Waals surface area contributed by atoms with Crippen LogP contribution in [0.2, 0.25) is 0 Å². The largest absolute Gasteiger partial charge is 0.481 e. The van der Waals surface area contributed by atoms with Crippen LogP contribution >= 0.6 is 0 Å². The van der Waals surface area contributed by atoms with Gasteiger partial charge in [-0.05, 0) is 38.5 Å². The van der Waals surface area contributed by atoms with Crippen molar-refractivity contribution in [3.63, 3.8) is 0 Å². The van der Waals surface area contributed by atoms with E-state index in [1.807, 2.05) is 6.92 Å². The number of nitrogens with zero attached hydrogens (tertiary/aromatic N) is 1. The highest BCUT2D eigenvalue weighted by Crippen LogP contribution is 2.45. The molecule has 2 aliphatic rings. The lowest BCUT2D eigenvalue weighted by atomic mass is 10.00. The summed E-state index contributed by atoms with van der Waals surface area (Å²) in [5.74, 6) is -0.623. The van der Waals surface area contributed by atoms with E-state index >= 15 is 0 Å². The van der Waals surface area contributed by atoms with Gasteiger partial charge in [-0.2, -0.15) is 0 Å². The SMILES string of the molecule is CCC1CC2C(=O)N(C(C)CCCC(=O)O)C(=O)C2C1. The first-order valence-corrected chi connectivity index (χ1v) is 7.54. The molecule has 112 valence electrons. The van der Waals surface area contributed by atoms with Gasteiger partial charge in [0.05, 0.1) is 11.8 Å². The Hall–Kier alpha value is -1.39. The standard InChI is InChI=1S/C15H23NO4/c1-3-10-7-11-12(8-10)15(20)16(14(11)19)9(2)5-4-6-13(17)18/h9-12H,3-8H2,1-2H3,(H,17,18). The lowest BCUT2D eigenvalue weighted by molar-refractivity contribution is -0.143. The second-order valence-corrected chi connectivity index (χ2v) is 6.14. The molecule has 0 spiro atoms. The van der Waals surface area contributed by atoms with E-state index in [1.165, 1.54) is 4.90 Å². The first-order chi connectivity index (χ1) is 9.45. The molecule has 5 nitrogen and oxygen atoms in total. The van der Waals surface area contributed by atoms with Gasteiger partial charge in [-0.3, -0.25) is 19.3 Å². The van der Waals surface area contributed by atoms with E-state index < -0.39 is 5.97 Å². The molecule has 3 atom stereocenters. The van der Waals surface area contributed by atoms with Gasteiger partial charge in [0.2, 0.25) is 11.8 Å². The number of rotatable bonds is 6. The van der Waals surface area contributed by atoms with Gasteiger partial charge in [0.25, 0.3) is 0 Å². The topological polar surface area (TPSA) is 74.7 Å². The van der Waals surface area contributed by atoms with E-state index in [2.05, 4.69) is 6.92 Å². The molecule has 2 amide bonds. The van der Waals surface area contributed by atoms with Crippen LogP contribution in [0.3, 0.4) is 0 Å². The molecule has 0 bridgehead atoms. The number of hydrogen-bond acceptors (Lipinski definition) is 3. The number of likely N-dealkylation sites (tertiary alicyclic amines) is 1. The van der Waals surface area contributed by atoms with Crippen LogP contribution in [0, 0.1) is 17.8 Å². The van der Waals surface area contributed by atoms with E-state index in [4.69, 9.17) is 5.11 Å². The molecular formula is C15H23NO4. The summed E-state index contributed by atoms with van der Waals surface area (Å²) in [4.78, 5) is 36.7. The van der Waals surface area contributed by atoms with Crippen LogP contribution in [0.4, 0.5) is 0 Å². The second-order valence-electron chi connectivity index (χ2n) is 6.14. The fraction of sp³-hybridized carbons (Fsp3) is 0.800. The minimum Gasteiger partial charge on any atom is -0.481 e. The molecule has 3 unspecified atom stereocenters. The average molecular weight is 281 g/mol. The molecule has 0 radical (unpaired) electrons. The molecule has 2 fully saturated rings. The zero-order chi connectivity index (χ0) is 14.9. The highest BCUT2D eigenvalue weighted by molar-refractivity contribution is 6.05. The lowest BCUT2D eigenvalue weighted by Crippen LogP contribution is -2.39. The summed E-state index contributed by atoms with van der Waals surface area (Å²) in [5.41, 5.74) is 0. The Kier molecular flexibility index (Phi) is 4.45. The quantitative estimate of drug-likeness (QED) is 0.756. The maximum absolute atomic E-state index is 12.4. The normalized spacial score (nSPS) is 30.7. The molecule has 2 rings (SSSR count). The van der Waals surface area contributed by atoms with Crippen LogP contribution in [-0.4, -0.2) is 33.8 Å². The molecular weight excluding hydrogens is 258 g/mol. The summed E-state index contributed by atoms with van der Waals surface area (Å²) < 4.78 is 0. The fourth-order valence-corrected chi connectivity index (χ4v) is 3.60. The molecule has 1 heterocycles. The number of carbonyl (C=O) groups excluding carboxylic acids is 2. The van der Waals surface area contributed by atoms with Crippen molar-refractivity contribution in [1.82, 2.24) is 4.90 Å². The highest BCUT2D eigenvalue weighted by atomic mass is 16.4. The van der Waals surface area contributed by atoms with Crippen molar-refractivity contribution in [2.75, 3.05) is 0 Å². The zero-order valence-electron chi connectivity index (χ0n) is 12.2. The number of carboxylic acid groups (broad SMARTS) is 1. The van der Waals surface area contributed by atoms with Crippen LogP contribution in [-0.2, 0) is 14.4 Å². The maximum Gasteiger partial charge on any atom is 0.303 e. The number of aliphatic carboxylic acids is 1. The first kappa shape index (κ1) is 15.0. The van der Waals surface area contributed by atoms with Crippen LogP contribution in [0.5, 0.6) is 0 Å². The third-order valence-electron chi connectivity index (χ3n) is 4.80. The van der Waals surface area contributed by atoms with E-state index in [-0.39, 0.29) is 36.1 Å². The molecule has 0 aromatic carbocycles. The first-order valence-electron chi connectivity index (χ1n) is 7.54. The molecule has 1 aliphatic heterocycles. The number of hydrogen-bond donors (Lipinski definition) is 1. The Balaban J connectivity index is 1.96. The van der Waals surface area contributed by atoms with Gasteiger partial charge in [0.1, 0.15) is 0 Å². The third-order valence-corrected chi connectivity index (χ3v) is 4.80. The number of fused-ring (bicyclic) bond motifs is 1. The van der Waals surface area contributed by atoms with Gasteiger partial charge in [0.15, 0.2) is 0 Å². The predicted octanol–water partition coefficient (Wildman–Crippen LogP) is 2.05. The van der Waals surface area contributed by atoms with Gasteiger partial charge in [0, 0.05) is 12.5 Å². The summed E-state index contributed by atoms with van der Waals surface area (Å²) in [6.07, 6.45) is 3.86. The Morgan fingerprint density at radius 1 is 1.30 bits per heavy atom. The predicted molar refractivity (Wildman–Crippen MR) is 72.8 cm³/mol. The molecule has 0 aromatic heterocycles. The Labute approximate surface area is 119 Å². The van der Waals surface area contributed by atoms with Crippen molar-refractivity contribution in [1.29, 1.82) is 0 Å². The number of carbonyl (C=O) groups is 3. The highest BCUT2D eigenvalue weighted by Gasteiger charge is 2.53. The van der Waals surface area contributed by atoms with Crippen LogP contribution < -0.4 is 0 Å². The lowest BCUT2D eigenvalue weighted by Gasteiger charge is -2.24. The van der Waals surface area contributed by atoms with Crippen LogP contribution in [0.1, 0.15) is 52.4 Å². The van der Waals surface area contributed by atoms with Crippen molar-refractivity contribution in [3.8, 4) is 0 Å². The van der Waals surface area contributed by atoms with Crippen molar-refractivity contribution < 1.29 is 19.5 Å². The second kappa shape index (κ2) is 5.94. The molecule has 1 saturated heterocycles. The molecule has 1 saturated carbocycles. The molecule has 5 heteroatoms. The van der Waals surface area contributed by atoms with Gasteiger partial charge in [-0.1, -0.05) is 13.3 Å².